The fourth-order valence-corrected chi connectivity index (χ4v) is 2.25. The van der Waals surface area contributed by atoms with Crippen LogP contribution in [0.25, 0.3) is 5.65 Å². The number of aliphatic hydroxyl groups is 1. The summed E-state index contributed by atoms with van der Waals surface area (Å²) in [4.78, 5) is 4.38. The molecule has 1 aromatic carbocycles. The molecule has 3 aromatic rings. The van der Waals surface area contributed by atoms with Crippen molar-refractivity contribution in [1.82, 2.24) is 9.38 Å². The molecule has 0 spiro atoms. The van der Waals surface area contributed by atoms with Gasteiger partial charge in [-0.15, -0.1) is 0 Å². The number of halogens is 1. The molecule has 0 amide bonds. The van der Waals surface area contributed by atoms with Gasteiger partial charge < -0.3 is 9.84 Å². The number of pyridine rings is 1. The fourth-order valence-electron chi connectivity index (χ4n) is 1.88. The Morgan fingerprint density at radius 1 is 1.16 bits per heavy atom. The molecular formula is C14H11BrN2O2. The molecule has 4 nitrogen and oxygen atoms in total. The van der Waals surface area contributed by atoms with Crippen LogP contribution in [0.3, 0.4) is 0 Å². The van der Waals surface area contributed by atoms with Gasteiger partial charge in [-0.05, 0) is 40.2 Å². The van der Waals surface area contributed by atoms with E-state index >= 15 is 0 Å². The molecule has 0 aliphatic carbocycles. The van der Waals surface area contributed by atoms with E-state index in [0.717, 1.165) is 10.1 Å². The summed E-state index contributed by atoms with van der Waals surface area (Å²) in [6.45, 7) is -0.134. The van der Waals surface area contributed by atoms with Crippen molar-refractivity contribution in [2.45, 2.75) is 6.61 Å². The van der Waals surface area contributed by atoms with E-state index in [4.69, 9.17) is 4.74 Å². The number of hydrogen-bond acceptors (Lipinski definition) is 3. The molecule has 0 fully saturated rings. The highest BCUT2D eigenvalue weighted by molar-refractivity contribution is 9.10. The predicted molar refractivity (Wildman–Crippen MR) is 75.3 cm³/mol. The number of ether oxygens (including phenoxy) is 1. The first-order valence-corrected chi connectivity index (χ1v) is 6.58. The van der Waals surface area contributed by atoms with Crippen LogP contribution in [0.15, 0.2) is 53.1 Å². The maximum absolute atomic E-state index is 9.50. The summed E-state index contributed by atoms with van der Waals surface area (Å²) in [5.74, 6) is 1.08. The first-order chi connectivity index (χ1) is 9.29. The van der Waals surface area contributed by atoms with Gasteiger partial charge in [-0.3, -0.25) is 4.40 Å². The van der Waals surface area contributed by atoms with Crippen molar-refractivity contribution in [1.29, 1.82) is 0 Å². The van der Waals surface area contributed by atoms with Gasteiger partial charge in [-0.25, -0.2) is 0 Å². The van der Waals surface area contributed by atoms with Crippen LogP contribution in [0, 0.1) is 0 Å². The molecule has 0 bridgehead atoms. The second-order valence-corrected chi connectivity index (χ2v) is 4.84. The number of imidazole rings is 1. The zero-order chi connectivity index (χ0) is 13.2. The first-order valence-electron chi connectivity index (χ1n) is 5.79. The Hall–Kier alpha value is -1.85. The quantitative estimate of drug-likeness (QED) is 0.805. The second-order valence-electron chi connectivity index (χ2n) is 3.98. The van der Waals surface area contributed by atoms with E-state index in [-0.39, 0.29) is 6.61 Å². The summed E-state index contributed by atoms with van der Waals surface area (Å²) >= 11 is 3.42. The number of aliphatic hydroxyl groups excluding tert-OH is 1. The van der Waals surface area contributed by atoms with Crippen LogP contribution in [0.2, 0.25) is 0 Å². The van der Waals surface area contributed by atoms with E-state index in [1.807, 2.05) is 53.1 Å². The Balaban J connectivity index is 2.08. The summed E-state index contributed by atoms with van der Waals surface area (Å²) in [5, 5.41) is 9.50. The Labute approximate surface area is 118 Å². The Bertz CT molecular complexity index is 724. The van der Waals surface area contributed by atoms with Crippen molar-refractivity contribution < 1.29 is 9.84 Å². The summed E-state index contributed by atoms with van der Waals surface area (Å²) in [5.41, 5.74) is 1.37. The zero-order valence-corrected chi connectivity index (χ0v) is 11.5. The molecule has 0 aliphatic rings. The lowest BCUT2D eigenvalue weighted by Gasteiger charge is -2.06. The second kappa shape index (κ2) is 5.03. The van der Waals surface area contributed by atoms with Crippen LogP contribution >= 0.6 is 15.9 Å². The topological polar surface area (TPSA) is 46.8 Å². The van der Waals surface area contributed by atoms with Crippen molar-refractivity contribution in [2.24, 2.45) is 0 Å². The third kappa shape index (κ3) is 2.22. The van der Waals surface area contributed by atoms with Crippen molar-refractivity contribution in [3.05, 3.63) is 58.8 Å². The molecule has 1 N–H and O–H groups in total. The van der Waals surface area contributed by atoms with Gasteiger partial charge in [0.05, 0.1) is 11.1 Å². The highest BCUT2D eigenvalue weighted by Gasteiger charge is 2.14. The highest BCUT2D eigenvalue weighted by atomic mass is 79.9. The summed E-state index contributed by atoms with van der Waals surface area (Å²) in [6.07, 6.45) is 1.85. The van der Waals surface area contributed by atoms with Gasteiger partial charge in [0.1, 0.15) is 17.1 Å². The van der Waals surface area contributed by atoms with E-state index in [1.54, 1.807) is 0 Å². The van der Waals surface area contributed by atoms with E-state index in [0.29, 0.717) is 17.3 Å². The van der Waals surface area contributed by atoms with Crippen LogP contribution in [0.5, 0.6) is 11.6 Å². The van der Waals surface area contributed by atoms with Crippen LogP contribution in [0.4, 0.5) is 0 Å². The van der Waals surface area contributed by atoms with Crippen molar-refractivity contribution in [2.75, 3.05) is 0 Å². The molecule has 0 unspecified atom stereocenters. The number of fused-ring (bicyclic) bond motifs is 1. The number of benzene rings is 1. The van der Waals surface area contributed by atoms with Gasteiger partial charge >= 0.3 is 0 Å². The van der Waals surface area contributed by atoms with E-state index in [1.165, 1.54) is 0 Å². The molecule has 3 rings (SSSR count). The normalized spacial score (nSPS) is 10.8. The molecule has 19 heavy (non-hydrogen) atoms. The maximum Gasteiger partial charge on any atom is 0.243 e. The van der Waals surface area contributed by atoms with Gasteiger partial charge in [0.2, 0.25) is 5.88 Å². The average molecular weight is 319 g/mol. The molecular weight excluding hydrogens is 308 g/mol. The Morgan fingerprint density at radius 3 is 2.74 bits per heavy atom. The molecule has 0 saturated heterocycles. The first kappa shape index (κ1) is 12.2. The predicted octanol–water partition coefficient (Wildman–Crippen LogP) is 3.38. The lowest BCUT2D eigenvalue weighted by atomic mass is 10.3. The van der Waals surface area contributed by atoms with Crippen LogP contribution < -0.4 is 4.74 Å². The van der Waals surface area contributed by atoms with Crippen molar-refractivity contribution in [3.8, 4) is 11.6 Å². The van der Waals surface area contributed by atoms with Crippen molar-refractivity contribution in [3.63, 3.8) is 0 Å². The summed E-state index contributed by atoms with van der Waals surface area (Å²) in [6, 6.07) is 13.2. The minimum atomic E-state index is -0.134. The molecule has 96 valence electrons. The zero-order valence-electron chi connectivity index (χ0n) is 9.95. The highest BCUT2D eigenvalue weighted by Crippen LogP contribution is 2.31. The maximum atomic E-state index is 9.50. The lowest BCUT2D eigenvalue weighted by Crippen LogP contribution is -1.94. The van der Waals surface area contributed by atoms with Gasteiger partial charge in [0.15, 0.2) is 0 Å². The van der Waals surface area contributed by atoms with Crippen LogP contribution in [-0.2, 0) is 6.61 Å². The van der Waals surface area contributed by atoms with E-state index in [2.05, 4.69) is 20.9 Å². The largest absolute Gasteiger partial charge is 0.436 e. The molecule has 0 saturated carbocycles. The molecule has 5 heteroatoms. The minimum absolute atomic E-state index is 0.134. The number of nitrogens with zero attached hydrogens (tertiary/aromatic N) is 2. The third-order valence-corrected chi connectivity index (χ3v) is 3.44. The number of para-hydroxylation sites is 1. The Kier molecular flexibility index (Phi) is 3.23. The molecule has 0 radical (unpaired) electrons. The molecule has 2 heterocycles. The SMILES string of the molecule is OCc1c(Oc2ccccc2Br)nc2ccccn12. The van der Waals surface area contributed by atoms with Gasteiger partial charge in [-0.2, -0.15) is 4.98 Å². The van der Waals surface area contributed by atoms with E-state index < -0.39 is 0 Å². The summed E-state index contributed by atoms with van der Waals surface area (Å²) < 4.78 is 8.43. The average Bonchev–Trinajstić information content (AvgIpc) is 2.78. The monoisotopic (exact) mass is 318 g/mol. The Morgan fingerprint density at radius 2 is 1.95 bits per heavy atom. The standard InChI is InChI=1S/C14H11BrN2O2/c15-10-5-1-2-6-12(10)19-14-11(9-18)17-8-4-3-7-13(17)16-14/h1-8,18H,9H2. The third-order valence-electron chi connectivity index (χ3n) is 2.79. The summed E-state index contributed by atoms with van der Waals surface area (Å²) in [7, 11) is 0. The van der Waals surface area contributed by atoms with E-state index in [9.17, 15) is 5.11 Å². The number of aromatic nitrogens is 2. The lowest BCUT2D eigenvalue weighted by molar-refractivity contribution is 0.269. The molecule has 2 aromatic heterocycles. The van der Waals surface area contributed by atoms with Crippen molar-refractivity contribution >= 4 is 21.6 Å². The van der Waals surface area contributed by atoms with Crippen LogP contribution in [-0.4, -0.2) is 14.5 Å². The molecule has 0 atom stereocenters. The number of rotatable bonds is 3. The van der Waals surface area contributed by atoms with Gasteiger partial charge in [0, 0.05) is 6.20 Å². The van der Waals surface area contributed by atoms with Crippen LogP contribution in [0.1, 0.15) is 5.69 Å². The molecule has 0 aliphatic heterocycles. The fraction of sp³-hybridized carbons (Fsp3) is 0.0714. The van der Waals surface area contributed by atoms with Gasteiger partial charge in [0.25, 0.3) is 0 Å². The minimum Gasteiger partial charge on any atom is -0.436 e. The smallest absolute Gasteiger partial charge is 0.243 e. The number of hydrogen-bond donors (Lipinski definition) is 1. The van der Waals surface area contributed by atoms with Gasteiger partial charge in [-0.1, -0.05) is 18.2 Å².